The average molecular weight is 182 g/mol. The van der Waals surface area contributed by atoms with Gasteiger partial charge in [-0.2, -0.15) is 0 Å². The van der Waals surface area contributed by atoms with Gasteiger partial charge >= 0.3 is 0 Å². The molecule has 76 valence electrons. The standard InChI is InChI=1S/C12H22O/c1-2-3-4-7-11-10-12(11)8-5-6-9-13/h5-6,11-13H,2-4,7-10H2,1H3/t11-,12-/m1/s1. The minimum atomic E-state index is 0.202. The Morgan fingerprint density at radius 1 is 1.23 bits per heavy atom. The van der Waals surface area contributed by atoms with Crippen LogP contribution in [0.2, 0.25) is 0 Å². The topological polar surface area (TPSA) is 20.2 Å². The molecule has 1 heteroatoms. The summed E-state index contributed by atoms with van der Waals surface area (Å²) in [5.74, 6) is 1.95. The molecule has 1 saturated carbocycles. The third-order valence-electron chi connectivity index (χ3n) is 2.96. The lowest BCUT2D eigenvalue weighted by Crippen LogP contribution is -1.83. The van der Waals surface area contributed by atoms with Gasteiger partial charge in [0.2, 0.25) is 0 Å². The Labute approximate surface area is 81.9 Å². The van der Waals surface area contributed by atoms with Crippen LogP contribution in [-0.2, 0) is 0 Å². The second-order valence-corrected chi connectivity index (χ2v) is 4.14. The van der Waals surface area contributed by atoms with Crippen LogP contribution in [0.15, 0.2) is 12.2 Å². The van der Waals surface area contributed by atoms with Crippen LogP contribution in [0.4, 0.5) is 0 Å². The van der Waals surface area contributed by atoms with E-state index in [1.807, 2.05) is 6.08 Å². The normalized spacial score (nSPS) is 26.9. The van der Waals surface area contributed by atoms with Gasteiger partial charge in [0.25, 0.3) is 0 Å². The van der Waals surface area contributed by atoms with Crippen molar-refractivity contribution < 1.29 is 5.11 Å². The van der Waals surface area contributed by atoms with Crippen LogP contribution in [0.25, 0.3) is 0 Å². The lowest BCUT2D eigenvalue weighted by Gasteiger charge is -1.96. The zero-order valence-electron chi connectivity index (χ0n) is 8.71. The van der Waals surface area contributed by atoms with Crippen molar-refractivity contribution in [3.8, 4) is 0 Å². The van der Waals surface area contributed by atoms with Crippen LogP contribution in [0.1, 0.15) is 45.4 Å². The molecule has 1 aliphatic carbocycles. The summed E-state index contributed by atoms with van der Waals surface area (Å²) in [4.78, 5) is 0. The fourth-order valence-electron chi connectivity index (χ4n) is 1.95. The number of hydrogen-bond acceptors (Lipinski definition) is 1. The minimum Gasteiger partial charge on any atom is -0.392 e. The van der Waals surface area contributed by atoms with Crippen LogP contribution >= 0.6 is 0 Å². The zero-order chi connectivity index (χ0) is 9.52. The van der Waals surface area contributed by atoms with Crippen molar-refractivity contribution in [3.05, 3.63) is 12.2 Å². The molecule has 1 aliphatic rings. The van der Waals surface area contributed by atoms with E-state index in [2.05, 4.69) is 13.0 Å². The molecule has 1 rings (SSSR count). The first kappa shape index (κ1) is 10.8. The van der Waals surface area contributed by atoms with Crippen molar-refractivity contribution in [1.29, 1.82) is 0 Å². The Kier molecular flexibility index (Phi) is 5.14. The Balaban J connectivity index is 1.93. The van der Waals surface area contributed by atoms with Crippen molar-refractivity contribution in [1.82, 2.24) is 0 Å². The van der Waals surface area contributed by atoms with Gasteiger partial charge in [0, 0.05) is 0 Å². The van der Waals surface area contributed by atoms with Crippen molar-refractivity contribution in [2.45, 2.75) is 45.4 Å². The minimum absolute atomic E-state index is 0.202. The van der Waals surface area contributed by atoms with Crippen molar-refractivity contribution in [3.63, 3.8) is 0 Å². The first-order valence-corrected chi connectivity index (χ1v) is 5.64. The van der Waals surface area contributed by atoms with Gasteiger partial charge in [-0.1, -0.05) is 44.8 Å². The van der Waals surface area contributed by atoms with Crippen LogP contribution < -0.4 is 0 Å². The van der Waals surface area contributed by atoms with Gasteiger partial charge in [-0.15, -0.1) is 0 Å². The Morgan fingerprint density at radius 2 is 2.08 bits per heavy atom. The fourth-order valence-corrected chi connectivity index (χ4v) is 1.95. The molecule has 0 aliphatic heterocycles. The third-order valence-corrected chi connectivity index (χ3v) is 2.96. The molecule has 0 radical (unpaired) electrons. The predicted molar refractivity (Wildman–Crippen MR) is 56.6 cm³/mol. The lowest BCUT2D eigenvalue weighted by molar-refractivity contribution is 0.342. The van der Waals surface area contributed by atoms with E-state index in [9.17, 15) is 0 Å². The molecule has 0 saturated heterocycles. The van der Waals surface area contributed by atoms with Gasteiger partial charge in [-0.05, 0) is 24.7 Å². The summed E-state index contributed by atoms with van der Waals surface area (Å²) < 4.78 is 0. The quantitative estimate of drug-likeness (QED) is 0.473. The molecule has 1 nitrogen and oxygen atoms in total. The highest BCUT2D eigenvalue weighted by Gasteiger charge is 2.34. The highest BCUT2D eigenvalue weighted by molar-refractivity contribution is 4.93. The maximum absolute atomic E-state index is 8.55. The van der Waals surface area contributed by atoms with E-state index < -0.39 is 0 Å². The molecule has 0 bridgehead atoms. The van der Waals surface area contributed by atoms with E-state index in [1.54, 1.807) is 0 Å². The Bertz CT molecular complexity index is 151. The zero-order valence-corrected chi connectivity index (χ0v) is 8.71. The molecule has 0 heterocycles. The fraction of sp³-hybridized carbons (Fsp3) is 0.833. The molecule has 13 heavy (non-hydrogen) atoms. The predicted octanol–water partition coefficient (Wildman–Crippen LogP) is 3.14. The van der Waals surface area contributed by atoms with E-state index in [0.29, 0.717) is 0 Å². The van der Waals surface area contributed by atoms with Crippen molar-refractivity contribution in [2.75, 3.05) is 6.61 Å². The molecule has 0 aromatic carbocycles. The average Bonchev–Trinajstić information content (AvgIpc) is 2.85. The van der Waals surface area contributed by atoms with Gasteiger partial charge in [0.1, 0.15) is 0 Å². The first-order chi connectivity index (χ1) is 6.38. The Hall–Kier alpha value is -0.300. The SMILES string of the molecule is CCCCC[C@@H]1C[C@H]1CC=CCO. The van der Waals surface area contributed by atoms with Crippen LogP contribution in [0.3, 0.4) is 0 Å². The number of aliphatic hydroxyl groups excluding tert-OH is 1. The number of allylic oxidation sites excluding steroid dienone is 1. The van der Waals surface area contributed by atoms with Crippen molar-refractivity contribution >= 4 is 0 Å². The number of unbranched alkanes of at least 4 members (excludes halogenated alkanes) is 2. The molecule has 0 amide bonds. The molecule has 0 unspecified atom stereocenters. The monoisotopic (exact) mass is 182 g/mol. The summed E-state index contributed by atoms with van der Waals surface area (Å²) in [7, 11) is 0. The van der Waals surface area contributed by atoms with Gasteiger partial charge < -0.3 is 5.11 Å². The molecule has 0 aromatic heterocycles. The molecule has 1 fully saturated rings. The summed E-state index contributed by atoms with van der Waals surface area (Å²) in [6.45, 7) is 2.46. The van der Waals surface area contributed by atoms with Gasteiger partial charge in [0.05, 0.1) is 6.61 Å². The van der Waals surface area contributed by atoms with Gasteiger partial charge in [0.15, 0.2) is 0 Å². The van der Waals surface area contributed by atoms with Gasteiger partial charge in [-0.25, -0.2) is 0 Å². The molecule has 2 atom stereocenters. The second kappa shape index (κ2) is 6.20. The number of aliphatic hydroxyl groups is 1. The van der Waals surface area contributed by atoms with E-state index in [4.69, 9.17) is 5.11 Å². The maximum Gasteiger partial charge on any atom is 0.0612 e. The highest BCUT2D eigenvalue weighted by atomic mass is 16.2. The smallest absolute Gasteiger partial charge is 0.0612 e. The third kappa shape index (κ3) is 4.47. The lowest BCUT2D eigenvalue weighted by atomic mass is 10.1. The Morgan fingerprint density at radius 3 is 2.77 bits per heavy atom. The largest absolute Gasteiger partial charge is 0.392 e. The molecule has 0 spiro atoms. The summed E-state index contributed by atoms with van der Waals surface area (Å²) in [6.07, 6.45) is 12.2. The summed E-state index contributed by atoms with van der Waals surface area (Å²) in [6, 6.07) is 0. The van der Waals surface area contributed by atoms with E-state index in [-0.39, 0.29) is 6.61 Å². The van der Waals surface area contributed by atoms with E-state index in [0.717, 1.165) is 11.8 Å². The number of rotatable bonds is 7. The molecular weight excluding hydrogens is 160 g/mol. The van der Waals surface area contributed by atoms with Gasteiger partial charge in [-0.3, -0.25) is 0 Å². The van der Waals surface area contributed by atoms with Crippen molar-refractivity contribution in [2.24, 2.45) is 11.8 Å². The van der Waals surface area contributed by atoms with Crippen LogP contribution in [0.5, 0.6) is 0 Å². The molecule has 1 N–H and O–H groups in total. The molecular formula is C12H22O. The molecule has 0 aromatic rings. The highest BCUT2D eigenvalue weighted by Crippen LogP contribution is 2.44. The first-order valence-electron chi connectivity index (χ1n) is 5.64. The van der Waals surface area contributed by atoms with Crippen LogP contribution in [-0.4, -0.2) is 11.7 Å². The second-order valence-electron chi connectivity index (χ2n) is 4.14. The summed E-state index contributed by atoms with van der Waals surface area (Å²) in [5, 5.41) is 8.55. The number of hydrogen-bond donors (Lipinski definition) is 1. The summed E-state index contributed by atoms with van der Waals surface area (Å²) >= 11 is 0. The van der Waals surface area contributed by atoms with Crippen LogP contribution in [0, 0.1) is 11.8 Å². The van der Waals surface area contributed by atoms with E-state index in [1.165, 1.54) is 38.5 Å². The van der Waals surface area contributed by atoms with E-state index >= 15 is 0 Å². The maximum atomic E-state index is 8.55. The summed E-state index contributed by atoms with van der Waals surface area (Å²) in [5.41, 5.74) is 0.